The maximum Gasteiger partial charge on any atom is 0.216 e. The van der Waals surface area contributed by atoms with Crippen LogP contribution in [-0.2, 0) is 16.3 Å². The van der Waals surface area contributed by atoms with Crippen molar-refractivity contribution in [3.8, 4) is 0 Å². The molecule has 108 valence electrons. The van der Waals surface area contributed by atoms with Gasteiger partial charge in [-0.25, -0.2) is 8.42 Å². The lowest BCUT2D eigenvalue weighted by molar-refractivity contribution is 0.596. The van der Waals surface area contributed by atoms with E-state index in [-0.39, 0.29) is 0 Å². The number of unbranched alkanes of at least 4 members (excludes halogenated alkanes) is 3. The lowest BCUT2D eigenvalue weighted by Gasteiger charge is -2.06. The van der Waals surface area contributed by atoms with Crippen molar-refractivity contribution in [3.05, 3.63) is 47.3 Å². The predicted molar refractivity (Wildman–Crippen MR) is 84.1 cm³/mol. The molecule has 0 radical (unpaired) electrons. The molecule has 0 bridgehead atoms. The Morgan fingerprint density at radius 3 is 2.45 bits per heavy atom. The lowest BCUT2D eigenvalue weighted by atomic mass is 10.1. The van der Waals surface area contributed by atoms with Crippen LogP contribution in [0.4, 0.5) is 0 Å². The van der Waals surface area contributed by atoms with Gasteiger partial charge in [0, 0.05) is 0 Å². The molecule has 0 unspecified atom stereocenters. The number of aryl methyl sites for hydroxylation is 1. The molecule has 1 aromatic carbocycles. The zero-order valence-electron chi connectivity index (χ0n) is 11.7. The Labute approximate surface area is 125 Å². The quantitative estimate of drug-likeness (QED) is 0.695. The standard InChI is InChI=1S/C16H20O2S2/c1-2-3-4-6-9-14-12-13-19-16(14)20(17,18)15-10-7-5-8-11-15/h5,7-8,10-13H,2-4,6,9H2,1H3. The van der Waals surface area contributed by atoms with Crippen molar-refractivity contribution in [1.82, 2.24) is 0 Å². The molecule has 1 aromatic heterocycles. The van der Waals surface area contributed by atoms with Crippen LogP contribution in [0.2, 0.25) is 0 Å². The topological polar surface area (TPSA) is 34.1 Å². The van der Waals surface area contributed by atoms with Gasteiger partial charge in [-0.05, 0) is 42.0 Å². The van der Waals surface area contributed by atoms with E-state index in [1.807, 2.05) is 17.5 Å². The van der Waals surface area contributed by atoms with Crippen molar-refractivity contribution in [1.29, 1.82) is 0 Å². The SMILES string of the molecule is CCCCCCc1ccsc1S(=O)(=O)c1ccccc1. The minimum absolute atomic E-state index is 0.386. The largest absolute Gasteiger partial charge is 0.218 e. The molecule has 0 atom stereocenters. The van der Waals surface area contributed by atoms with Crippen LogP contribution >= 0.6 is 11.3 Å². The number of hydrogen-bond donors (Lipinski definition) is 0. The molecule has 0 aliphatic carbocycles. The molecule has 0 saturated carbocycles. The number of rotatable bonds is 7. The van der Waals surface area contributed by atoms with Gasteiger partial charge >= 0.3 is 0 Å². The fourth-order valence-corrected chi connectivity index (χ4v) is 5.08. The van der Waals surface area contributed by atoms with Crippen molar-refractivity contribution in [2.24, 2.45) is 0 Å². The second-order valence-electron chi connectivity index (χ2n) is 4.86. The van der Waals surface area contributed by atoms with Gasteiger partial charge in [-0.1, -0.05) is 44.4 Å². The Balaban J connectivity index is 2.19. The van der Waals surface area contributed by atoms with Crippen molar-refractivity contribution in [3.63, 3.8) is 0 Å². The van der Waals surface area contributed by atoms with Crippen LogP contribution in [0.15, 0.2) is 50.9 Å². The maximum absolute atomic E-state index is 12.6. The summed E-state index contributed by atoms with van der Waals surface area (Å²) in [5.74, 6) is 0. The van der Waals surface area contributed by atoms with Crippen LogP contribution in [0.3, 0.4) is 0 Å². The number of hydrogen-bond acceptors (Lipinski definition) is 3. The van der Waals surface area contributed by atoms with E-state index in [0.29, 0.717) is 9.10 Å². The normalized spacial score (nSPS) is 11.7. The molecule has 0 saturated heterocycles. The lowest BCUT2D eigenvalue weighted by Crippen LogP contribution is -2.02. The first-order valence-corrected chi connectivity index (χ1v) is 9.39. The number of sulfone groups is 1. The molecule has 0 aliphatic heterocycles. The molecule has 1 heterocycles. The Bertz CT molecular complexity index is 628. The molecular weight excluding hydrogens is 288 g/mol. The highest BCUT2D eigenvalue weighted by molar-refractivity contribution is 7.93. The van der Waals surface area contributed by atoms with E-state index in [1.165, 1.54) is 24.2 Å². The van der Waals surface area contributed by atoms with Gasteiger partial charge < -0.3 is 0 Å². The Kier molecular flexibility index (Phi) is 5.38. The van der Waals surface area contributed by atoms with Crippen molar-refractivity contribution < 1.29 is 8.42 Å². The first kappa shape index (κ1) is 15.3. The molecular formula is C16H20O2S2. The summed E-state index contributed by atoms with van der Waals surface area (Å²) in [7, 11) is -3.35. The molecule has 0 N–H and O–H groups in total. The predicted octanol–water partition coefficient (Wildman–Crippen LogP) is 4.70. The molecule has 2 rings (SSSR count). The number of benzene rings is 1. The molecule has 0 aliphatic rings. The first-order chi connectivity index (χ1) is 9.66. The summed E-state index contributed by atoms with van der Waals surface area (Å²) in [4.78, 5) is 0.386. The second kappa shape index (κ2) is 7.04. The molecule has 0 fully saturated rings. The smallest absolute Gasteiger partial charge is 0.216 e. The highest BCUT2D eigenvalue weighted by Gasteiger charge is 2.22. The fourth-order valence-electron chi connectivity index (χ4n) is 2.19. The summed E-state index contributed by atoms with van der Waals surface area (Å²) in [6.45, 7) is 2.18. The minimum atomic E-state index is -3.35. The second-order valence-corrected chi connectivity index (χ2v) is 7.92. The average Bonchev–Trinajstić information content (AvgIpc) is 2.94. The molecule has 2 nitrogen and oxygen atoms in total. The van der Waals surface area contributed by atoms with Gasteiger partial charge in [-0.2, -0.15) is 0 Å². The average molecular weight is 308 g/mol. The van der Waals surface area contributed by atoms with Gasteiger partial charge in [-0.3, -0.25) is 0 Å². The molecule has 20 heavy (non-hydrogen) atoms. The molecule has 2 aromatic rings. The summed E-state index contributed by atoms with van der Waals surface area (Å²) in [6, 6.07) is 10.6. The van der Waals surface area contributed by atoms with Crippen molar-refractivity contribution >= 4 is 21.2 Å². The van der Waals surface area contributed by atoms with Gasteiger partial charge in [0.25, 0.3) is 0 Å². The van der Waals surface area contributed by atoms with Crippen molar-refractivity contribution in [2.45, 2.75) is 48.1 Å². The van der Waals surface area contributed by atoms with E-state index >= 15 is 0 Å². The van der Waals surface area contributed by atoms with E-state index in [1.54, 1.807) is 24.3 Å². The van der Waals surface area contributed by atoms with Gasteiger partial charge in [0.2, 0.25) is 9.84 Å². The van der Waals surface area contributed by atoms with Crippen LogP contribution in [0.5, 0.6) is 0 Å². The van der Waals surface area contributed by atoms with E-state index in [0.717, 1.165) is 24.8 Å². The third-order valence-corrected chi connectivity index (χ3v) is 6.64. The third-order valence-electron chi connectivity index (χ3n) is 3.30. The van der Waals surface area contributed by atoms with Crippen molar-refractivity contribution in [2.75, 3.05) is 0 Å². The highest BCUT2D eigenvalue weighted by atomic mass is 32.2. The van der Waals surface area contributed by atoms with Crippen LogP contribution in [0.25, 0.3) is 0 Å². The summed E-state index contributed by atoms with van der Waals surface area (Å²) >= 11 is 1.33. The Hall–Kier alpha value is -1.13. The van der Waals surface area contributed by atoms with Gasteiger partial charge in [-0.15, -0.1) is 11.3 Å². The summed E-state index contributed by atoms with van der Waals surface area (Å²) in [5.41, 5.74) is 0.968. The molecule has 0 spiro atoms. The minimum Gasteiger partial charge on any atom is -0.218 e. The van der Waals surface area contributed by atoms with E-state index in [2.05, 4.69) is 6.92 Å². The Morgan fingerprint density at radius 2 is 1.75 bits per heavy atom. The monoisotopic (exact) mass is 308 g/mol. The summed E-state index contributed by atoms with van der Waals surface area (Å²) < 4.78 is 25.7. The first-order valence-electron chi connectivity index (χ1n) is 7.02. The van der Waals surface area contributed by atoms with Gasteiger partial charge in [0.15, 0.2) is 0 Å². The Morgan fingerprint density at radius 1 is 1.00 bits per heavy atom. The highest BCUT2D eigenvalue weighted by Crippen LogP contribution is 2.30. The van der Waals surface area contributed by atoms with Gasteiger partial charge in [0.05, 0.1) is 4.90 Å². The van der Waals surface area contributed by atoms with E-state index in [9.17, 15) is 8.42 Å². The fraction of sp³-hybridized carbons (Fsp3) is 0.375. The van der Waals surface area contributed by atoms with Crippen LogP contribution in [-0.4, -0.2) is 8.42 Å². The van der Waals surface area contributed by atoms with Crippen LogP contribution < -0.4 is 0 Å². The maximum atomic E-state index is 12.6. The summed E-state index contributed by atoms with van der Waals surface area (Å²) in [6.07, 6.45) is 5.48. The van der Waals surface area contributed by atoms with E-state index in [4.69, 9.17) is 0 Å². The van der Waals surface area contributed by atoms with Crippen LogP contribution in [0, 0.1) is 0 Å². The summed E-state index contributed by atoms with van der Waals surface area (Å²) in [5, 5.41) is 1.88. The van der Waals surface area contributed by atoms with E-state index < -0.39 is 9.84 Å². The number of thiophene rings is 1. The zero-order valence-corrected chi connectivity index (χ0v) is 13.3. The zero-order chi connectivity index (χ0) is 14.4. The third kappa shape index (κ3) is 3.49. The molecule has 0 amide bonds. The van der Waals surface area contributed by atoms with Gasteiger partial charge in [0.1, 0.15) is 4.21 Å². The molecule has 4 heteroatoms. The van der Waals surface area contributed by atoms with Crippen LogP contribution in [0.1, 0.15) is 38.2 Å².